The summed E-state index contributed by atoms with van der Waals surface area (Å²) in [5.74, 6) is 1.21. The van der Waals surface area contributed by atoms with Gasteiger partial charge in [-0.1, -0.05) is 32.0 Å². The van der Waals surface area contributed by atoms with Gasteiger partial charge in [0.15, 0.2) is 0 Å². The zero-order chi connectivity index (χ0) is 14.8. The molecule has 0 aliphatic rings. The van der Waals surface area contributed by atoms with Crippen LogP contribution in [0.25, 0.3) is 22.2 Å². The van der Waals surface area contributed by atoms with E-state index in [0.29, 0.717) is 5.92 Å². The van der Waals surface area contributed by atoms with Crippen LogP contribution < -0.4 is 5.32 Å². The predicted molar refractivity (Wildman–Crippen MR) is 86.4 cm³/mol. The van der Waals surface area contributed by atoms with Crippen molar-refractivity contribution in [2.24, 2.45) is 0 Å². The van der Waals surface area contributed by atoms with Gasteiger partial charge >= 0.3 is 0 Å². The van der Waals surface area contributed by atoms with Crippen LogP contribution in [0, 0.1) is 0 Å². The van der Waals surface area contributed by atoms with Gasteiger partial charge in [-0.25, -0.2) is 9.97 Å². The molecular formula is C17H18N4. The Balaban J connectivity index is 2.22. The Bertz CT molecular complexity index is 781. The number of hydrogen-bond acceptors (Lipinski definition) is 4. The summed E-state index contributed by atoms with van der Waals surface area (Å²) in [4.78, 5) is 13.4. The van der Waals surface area contributed by atoms with Crippen molar-refractivity contribution in [3.63, 3.8) is 0 Å². The quantitative estimate of drug-likeness (QED) is 0.790. The number of fused-ring (bicyclic) bond motifs is 1. The maximum absolute atomic E-state index is 4.53. The van der Waals surface area contributed by atoms with E-state index in [9.17, 15) is 0 Å². The molecule has 0 atom stereocenters. The highest BCUT2D eigenvalue weighted by Gasteiger charge is 2.16. The van der Waals surface area contributed by atoms with Crippen LogP contribution in [0.3, 0.4) is 0 Å². The van der Waals surface area contributed by atoms with Gasteiger partial charge in [0.2, 0.25) is 0 Å². The van der Waals surface area contributed by atoms with Gasteiger partial charge < -0.3 is 5.32 Å². The summed E-state index contributed by atoms with van der Waals surface area (Å²) in [6.45, 7) is 4.30. The summed E-state index contributed by atoms with van der Waals surface area (Å²) >= 11 is 0. The lowest BCUT2D eigenvalue weighted by molar-refractivity contribution is 0.852. The lowest BCUT2D eigenvalue weighted by Crippen LogP contribution is -2.04. The molecule has 0 bridgehead atoms. The third kappa shape index (κ3) is 2.44. The van der Waals surface area contributed by atoms with Crippen LogP contribution in [0.1, 0.15) is 25.3 Å². The number of anilines is 1. The molecule has 0 aliphatic heterocycles. The largest absolute Gasteiger partial charge is 0.373 e. The molecule has 2 aromatic heterocycles. The number of nitrogens with zero attached hydrogens (tertiary/aromatic N) is 3. The predicted octanol–water partition coefficient (Wildman–Crippen LogP) is 3.86. The lowest BCUT2D eigenvalue weighted by atomic mass is 9.97. The molecule has 0 aliphatic carbocycles. The van der Waals surface area contributed by atoms with E-state index >= 15 is 0 Å². The van der Waals surface area contributed by atoms with Gasteiger partial charge in [-0.3, -0.25) is 4.98 Å². The Morgan fingerprint density at radius 2 is 1.86 bits per heavy atom. The van der Waals surface area contributed by atoms with E-state index in [1.54, 1.807) is 6.33 Å². The van der Waals surface area contributed by atoms with Crippen molar-refractivity contribution in [1.29, 1.82) is 0 Å². The van der Waals surface area contributed by atoms with Gasteiger partial charge in [0.25, 0.3) is 0 Å². The third-order valence-electron chi connectivity index (χ3n) is 3.56. The van der Waals surface area contributed by atoms with Crippen molar-refractivity contribution in [2.75, 3.05) is 12.4 Å². The lowest BCUT2D eigenvalue weighted by Gasteiger charge is -2.15. The Labute approximate surface area is 124 Å². The fourth-order valence-corrected chi connectivity index (χ4v) is 2.57. The van der Waals surface area contributed by atoms with Gasteiger partial charge in [-0.05, 0) is 18.1 Å². The van der Waals surface area contributed by atoms with E-state index in [1.807, 2.05) is 31.4 Å². The number of aromatic nitrogens is 3. The Morgan fingerprint density at radius 1 is 1.05 bits per heavy atom. The average Bonchev–Trinajstić information content (AvgIpc) is 2.53. The molecule has 2 heterocycles. The molecule has 21 heavy (non-hydrogen) atoms. The van der Waals surface area contributed by atoms with E-state index in [0.717, 1.165) is 33.5 Å². The first-order chi connectivity index (χ1) is 10.2. The van der Waals surface area contributed by atoms with Crippen molar-refractivity contribution in [2.45, 2.75) is 19.8 Å². The summed E-state index contributed by atoms with van der Waals surface area (Å²) in [5.41, 5.74) is 4.09. The molecule has 0 spiro atoms. The second kappa shape index (κ2) is 5.48. The summed E-state index contributed by atoms with van der Waals surface area (Å²) in [7, 11) is 1.89. The van der Waals surface area contributed by atoms with E-state index in [-0.39, 0.29) is 0 Å². The van der Waals surface area contributed by atoms with Gasteiger partial charge in [0.1, 0.15) is 12.1 Å². The highest BCUT2D eigenvalue weighted by molar-refractivity contribution is 5.83. The van der Waals surface area contributed by atoms with Crippen molar-refractivity contribution < 1.29 is 0 Å². The first-order valence-electron chi connectivity index (χ1n) is 7.08. The van der Waals surface area contributed by atoms with Crippen LogP contribution in [0.15, 0.2) is 42.9 Å². The molecule has 0 saturated heterocycles. The monoisotopic (exact) mass is 278 g/mol. The van der Waals surface area contributed by atoms with Crippen molar-refractivity contribution in [3.8, 4) is 11.3 Å². The number of hydrogen-bond donors (Lipinski definition) is 1. The minimum Gasteiger partial charge on any atom is -0.373 e. The minimum atomic E-state index is 0.329. The zero-order valence-corrected chi connectivity index (χ0v) is 12.5. The van der Waals surface area contributed by atoms with Gasteiger partial charge in [-0.2, -0.15) is 0 Å². The van der Waals surface area contributed by atoms with Crippen LogP contribution >= 0.6 is 0 Å². The van der Waals surface area contributed by atoms with Crippen LogP contribution in [0.5, 0.6) is 0 Å². The van der Waals surface area contributed by atoms with E-state index in [2.05, 4.69) is 46.2 Å². The fraction of sp³-hybridized carbons (Fsp3) is 0.235. The topological polar surface area (TPSA) is 50.7 Å². The van der Waals surface area contributed by atoms with E-state index < -0.39 is 0 Å². The fourth-order valence-electron chi connectivity index (χ4n) is 2.57. The van der Waals surface area contributed by atoms with E-state index in [4.69, 9.17) is 0 Å². The van der Waals surface area contributed by atoms with Crippen molar-refractivity contribution in [1.82, 2.24) is 15.0 Å². The Hall–Kier alpha value is -2.49. The number of pyridine rings is 1. The van der Waals surface area contributed by atoms with Crippen molar-refractivity contribution >= 4 is 16.7 Å². The zero-order valence-electron chi connectivity index (χ0n) is 12.5. The smallest absolute Gasteiger partial charge is 0.133 e. The molecule has 3 rings (SSSR count). The number of benzene rings is 1. The molecule has 0 radical (unpaired) electrons. The van der Waals surface area contributed by atoms with Gasteiger partial charge in [-0.15, -0.1) is 0 Å². The second-order valence-electron chi connectivity index (χ2n) is 5.31. The van der Waals surface area contributed by atoms with Crippen LogP contribution in [0.2, 0.25) is 0 Å². The number of nitrogens with one attached hydrogen (secondary N) is 1. The highest BCUT2D eigenvalue weighted by atomic mass is 15.0. The molecule has 3 aromatic rings. The average molecular weight is 278 g/mol. The van der Waals surface area contributed by atoms with Gasteiger partial charge in [0.05, 0.1) is 11.2 Å². The number of rotatable bonds is 3. The van der Waals surface area contributed by atoms with Crippen LogP contribution in [-0.2, 0) is 0 Å². The SMILES string of the molecule is CNc1ncnc(-c2cnc3ccccc3c2)c1C(C)C. The Morgan fingerprint density at radius 3 is 2.62 bits per heavy atom. The molecule has 0 saturated carbocycles. The first kappa shape index (κ1) is 13.5. The summed E-state index contributed by atoms with van der Waals surface area (Å²) in [5, 5.41) is 4.27. The highest BCUT2D eigenvalue weighted by Crippen LogP contribution is 2.32. The maximum Gasteiger partial charge on any atom is 0.133 e. The molecule has 0 unspecified atom stereocenters. The minimum absolute atomic E-state index is 0.329. The second-order valence-corrected chi connectivity index (χ2v) is 5.31. The molecule has 0 fully saturated rings. The molecule has 1 aromatic carbocycles. The molecule has 106 valence electrons. The Kier molecular flexibility index (Phi) is 3.52. The maximum atomic E-state index is 4.53. The van der Waals surface area contributed by atoms with Crippen LogP contribution in [-0.4, -0.2) is 22.0 Å². The van der Waals surface area contributed by atoms with Crippen LogP contribution in [0.4, 0.5) is 5.82 Å². The molecule has 4 heteroatoms. The summed E-state index contributed by atoms with van der Waals surface area (Å²) in [6, 6.07) is 10.2. The molecular weight excluding hydrogens is 260 g/mol. The van der Waals surface area contributed by atoms with Gasteiger partial charge in [0, 0.05) is 29.8 Å². The molecule has 1 N–H and O–H groups in total. The normalized spacial score (nSPS) is 11.0. The third-order valence-corrected chi connectivity index (χ3v) is 3.56. The van der Waals surface area contributed by atoms with Crippen molar-refractivity contribution in [3.05, 3.63) is 48.4 Å². The standard InChI is InChI=1S/C17H18N4/c1-11(2)15-16(20-10-21-17(15)18-3)13-8-12-6-4-5-7-14(12)19-9-13/h4-11H,1-3H3,(H,18,20,21). The molecule has 0 amide bonds. The first-order valence-corrected chi connectivity index (χ1v) is 7.08. The molecule has 4 nitrogen and oxygen atoms in total. The van der Waals surface area contributed by atoms with E-state index in [1.165, 1.54) is 0 Å². The summed E-state index contributed by atoms with van der Waals surface area (Å²) in [6.07, 6.45) is 3.48. The summed E-state index contributed by atoms with van der Waals surface area (Å²) < 4.78 is 0. The number of para-hydroxylation sites is 1.